The Labute approximate surface area is 258 Å². The van der Waals surface area contributed by atoms with Gasteiger partial charge in [0.05, 0.1) is 18.0 Å². The van der Waals surface area contributed by atoms with E-state index in [0.717, 1.165) is 48.9 Å². The molecule has 12 heteroatoms. The molecule has 1 aliphatic heterocycles. The Morgan fingerprint density at radius 3 is 2.58 bits per heavy atom. The van der Waals surface area contributed by atoms with Crippen LogP contribution in [0.1, 0.15) is 37.1 Å². The number of fused-ring (bicyclic) bond motifs is 1. The van der Waals surface area contributed by atoms with Gasteiger partial charge in [0.15, 0.2) is 5.65 Å². The molecular formula is C33H31FN8O3. The van der Waals surface area contributed by atoms with Crippen molar-refractivity contribution in [2.24, 2.45) is 0 Å². The number of rotatable bonds is 9. The largest absolute Gasteiger partial charge is 0.489 e. The van der Waals surface area contributed by atoms with Gasteiger partial charge < -0.3 is 20.1 Å². The first-order valence-electron chi connectivity index (χ1n) is 14.9. The van der Waals surface area contributed by atoms with Gasteiger partial charge in [0.25, 0.3) is 0 Å². The molecule has 2 N–H and O–H groups in total. The van der Waals surface area contributed by atoms with Gasteiger partial charge in [-0.2, -0.15) is 5.10 Å². The van der Waals surface area contributed by atoms with Crippen LogP contribution in [-0.4, -0.2) is 53.1 Å². The fourth-order valence-corrected chi connectivity index (χ4v) is 5.68. The molecule has 0 bridgehead atoms. The molecule has 3 aromatic heterocycles. The van der Waals surface area contributed by atoms with E-state index < -0.39 is 5.82 Å². The van der Waals surface area contributed by atoms with E-state index in [1.807, 2.05) is 27.8 Å². The van der Waals surface area contributed by atoms with Crippen molar-refractivity contribution in [1.29, 1.82) is 0 Å². The van der Waals surface area contributed by atoms with E-state index in [1.54, 1.807) is 37.5 Å². The zero-order chi connectivity index (χ0) is 30.9. The number of hydrogen-bond acceptors (Lipinski definition) is 9. The molecule has 1 atom stereocenters. The highest BCUT2D eigenvalue weighted by Gasteiger charge is 2.33. The molecule has 1 aliphatic carbocycles. The standard InChI is InChI=1S/C33H31FN8O3/c1-20-36-15-21(16-37-20)18-44-27-12-24(34)13-28(14-27)45-26-9-7-22(8-10-26)30-29-31(35)38-19-39-32(29)42(40-30)17-25-6-3-11-41(25)33(43)23-4-2-5-23/h4,7-10,12-16,19,25H,2-3,5-6,11,17-18H2,1H3,(H2,35,38,39)/t25-/m1/s1. The molecule has 7 rings (SSSR count). The first-order chi connectivity index (χ1) is 21.9. The quantitative estimate of drug-likeness (QED) is 0.234. The van der Waals surface area contributed by atoms with Crippen LogP contribution in [0, 0.1) is 12.7 Å². The van der Waals surface area contributed by atoms with Gasteiger partial charge in [0.1, 0.15) is 53.3 Å². The van der Waals surface area contributed by atoms with Crippen LogP contribution in [-0.2, 0) is 17.9 Å². The minimum Gasteiger partial charge on any atom is -0.489 e. The highest BCUT2D eigenvalue weighted by Crippen LogP contribution is 2.34. The Hall–Kier alpha value is -5.39. The van der Waals surface area contributed by atoms with Crippen molar-refractivity contribution < 1.29 is 18.7 Å². The lowest BCUT2D eigenvalue weighted by Gasteiger charge is -2.27. The smallest absolute Gasteiger partial charge is 0.249 e. The van der Waals surface area contributed by atoms with Gasteiger partial charge in [-0.25, -0.2) is 29.0 Å². The summed E-state index contributed by atoms with van der Waals surface area (Å²) in [4.78, 5) is 32.0. The monoisotopic (exact) mass is 606 g/mol. The zero-order valence-corrected chi connectivity index (χ0v) is 24.7. The highest BCUT2D eigenvalue weighted by molar-refractivity contribution is 5.98. The normalized spacial score (nSPS) is 16.0. The van der Waals surface area contributed by atoms with Crippen molar-refractivity contribution in [2.75, 3.05) is 12.3 Å². The molecule has 1 fully saturated rings. The molecule has 1 saturated heterocycles. The lowest BCUT2D eigenvalue weighted by molar-refractivity contribution is -0.128. The van der Waals surface area contributed by atoms with Crippen LogP contribution in [0.4, 0.5) is 10.2 Å². The van der Waals surface area contributed by atoms with Crippen LogP contribution in [0.2, 0.25) is 0 Å². The van der Waals surface area contributed by atoms with Gasteiger partial charge in [-0.1, -0.05) is 6.08 Å². The lowest BCUT2D eigenvalue weighted by atomic mass is 9.97. The van der Waals surface area contributed by atoms with E-state index in [-0.39, 0.29) is 18.6 Å². The van der Waals surface area contributed by atoms with Crippen molar-refractivity contribution >= 4 is 22.8 Å². The number of amides is 1. The minimum atomic E-state index is -0.487. The third-order valence-corrected chi connectivity index (χ3v) is 8.11. The molecule has 0 spiro atoms. The maximum atomic E-state index is 14.4. The molecular weight excluding hydrogens is 575 g/mol. The van der Waals surface area contributed by atoms with Crippen LogP contribution in [0.15, 0.2) is 72.8 Å². The number of nitrogens with zero attached hydrogens (tertiary/aromatic N) is 7. The second-order valence-electron chi connectivity index (χ2n) is 11.2. The van der Waals surface area contributed by atoms with Gasteiger partial charge in [-0.3, -0.25) is 4.79 Å². The summed E-state index contributed by atoms with van der Waals surface area (Å²) in [6.07, 6.45) is 10.5. The summed E-state index contributed by atoms with van der Waals surface area (Å²) >= 11 is 0. The number of ether oxygens (including phenoxy) is 2. The molecule has 2 aliphatic rings. The van der Waals surface area contributed by atoms with Crippen LogP contribution >= 0.6 is 0 Å². The number of aromatic nitrogens is 6. The van der Waals surface area contributed by atoms with Crippen molar-refractivity contribution in [3.8, 4) is 28.5 Å². The molecule has 0 saturated carbocycles. The third kappa shape index (κ3) is 5.91. The Bertz CT molecular complexity index is 1910. The van der Waals surface area contributed by atoms with Crippen LogP contribution in [0.5, 0.6) is 17.2 Å². The average Bonchev–Trinajstić information content (AvgIpc) is 3.62. The minimum absolute atomic E-state index is 0.0206. The first kappa shape index (κ1) is 28.4. The van der Waals surface area contributed by atoms with Crippen molar-refractivity contribution in [3.63, 3.8) is 0 Å². The topological polar surface area (TPSA) is 134 Å². The summed E-state index contributed by atoms with van der Waals surface area (Å²) in [6.45, 7) is 3.24. The maximum absolute atomic E-state index is 14.4. The molecule has 45 heavy (non-hydrogen) atoms. The van der Waals surface area contributed by atoms with Crippen molar-refractivity contribution in [3.05, 3.63) is 90.0 Å². The third-order valence-electron chi connectivity index (χ3n) is 8.11. The van der Waals surface area contributed by atoms with Crippen molar-refractivity contribution in [2.45, 2.75) is 51.8 Å². The Balaban J connectivity index is 1.10. The summed E-state index contributed by atoms with van der Waals surface area (Å²) in [5.74, 6) is 1.74. The molecule has 228 valence electrons. The summed E-state index contributed by atoms with van der Waals surface area (Å²) in [5, 5.41) is 5.56. The zero-order valence-electron chi connectivity index (χ0n) is 24.7. The van der Waals surface area contributed by atoms with Gasteiger partial charge in [0, 0.05) is 53.8 Å². The summed E-state index contributed by atoms with van der Waals surface area (Å²) in [7, 11) is 0. The molecule has 11 nitrogen and oxygen atoms in total. The number of allylic oxidation sites excluding steroid dienone is 1. The summed E-state index contributed by atoms with van der Waals surface area (Å²) in [5.41, 5.74) is 10.0. The second kappa shape index (κ2) is 11.9. The number of nitrogens with two attached hydrogens (primary N) is 1. The fraction of sp³-hybridized carbons (Fsp3) is 0.273. The van der Waals surface area contributed by atoms with E-state index in [2.05, 4.69) is 19.9 Å². The molecule has 0 radical (unpaired) electrons. The van der Waals surface area contributed by atoms with Gasteiger partial charge >= 0.3 is 0 Å². The number of nitrogen functional groups attached to an aromatic ring is 1. The van der Waals surface area contributed by atoms with Gasteiger partial charge in [-0.05, 0) is 56.9 Å². The lowest BCUT2D eigenvalue weighted by Crippen LogP contribution is -2.39. The molecule has 4 heterocycles. The number of likely N-dealkylation sites (tertiary alicyclic amines) is 1. The fourth-order valence-electron chi connectivity index (χ4n) is 5.68. The molecule has 5 aromatic rings. The number of halogens is 1. The number of benzene rings is 2. The van der Waals surface area contributed by atoms with E-state index in [4.69, 9.17) is 20.3 Å². The average molecular weight is 607 g/mol. The second-order valence-corrected chi connectivity index (χ2v) is 11.2. The van der Waals surface area contributed by atoms with Gasteiger partial charge in [-0.15, -0.1) is 0 Å². The van der Waals surface area contributed by atoms with E-state index >= 15 is 0 Å². The van der Waals surface area contributed by atoms with Crippen LogP contribution < -0.4 is 15.2 Å². The first-order valence-corrected chi connectivity index (χ1v) is 14.9. The predicted molar refractivity (Wildman–Crippen MR) is 165 cm³/mol. The Morgan fingerprint density at radius 1 is 1.04 bits per heavy atom. The Kier molecular flexibility index (Phi) is 7.54. The predicted octanol–water partition coefficient (Wildman–Crippen LogP) is 5.40. The maximum Gasteiger partial charge on any atom is 0.249 e. The Morgan fingerprint density at radius 2 is 1.82 bits per heavy atom. The molecule has 0 unspecified atom stereocenters. The van der Waals surface area contributed by atoms with E-state index in [1.165, 1.54) is 18.5 Å². The number of carbonyl (C=O) groups excluding carboxylic acids is 1. The van der Waals surface area contributed by atoms with Crippen LogP contribution in [0.25, 0.3) is 22.3 Å². The molecule has 2 aromatic carbocycles. The van der Waals surface area contributed by atoms with Gasteiger partial charge in [0.2, 0.25) is 5.91 Å². The molecule has 1 amide bonds. The van der Waals surface area contributed by atoms with Crippen molar-refractivity contribution in [1.82, 2.24) is 34.6 Å². The number of anilines is 1. The van der Waals surface area contributed by atoms with E-state index in [0.29, 0.717) is 52.2 Å². The number of hydrogen-bond donors (Lipinski definition) is 1. The number of aryl methyl sites for hydroxylation is 1. The highest BCUT2D eigenvalue weighted by atomic mass is 19.1. The summed E-state index contributed by atoms with van der Waals surface area (Å²) < 4.78 is 28.0. The van der Waals surface area contributed by atoms with E-state index in [9.17, 15) is 9.18 Å². The summed E-state index contributed by atoms with van der Waals surface area (Å²) in [6, 6.07) is 11.5. The van der Waals surface area contributed by atoms with Crippen LogP contribution in [0.3, 0.4) is 0 Å². The SMILES string of the molecule is Cc1ncc(COc2cc(F)cc(Oc3ccc(-c4nn(C[C@H]5CCCN5C(=O)C5=CCC5)c5ncnc(N)c45)cc3)c2)cn1. The number of carbonyl (C=O) groups is 1.